The Kier molecular flexibility index (Phi) is 3.28. The lowest BCUT2D eigenvalue weighted by Crippen LogP contribution is -2.14. The molecule has 1 aromatic carbocycles. The van der Waals surface area contributed by atoms with Crippen LogP contribution in [0, 0.1) is 6.92 Å². The van der Waals surface area contributed by atoms with Crippen LogP contribution in [0.2, 0.25) is 0 Å². The minimum absolute atomic E-state index is 0.0861. The zero-order chi connectivity index (χ0) is 11.6. The third-order valence-corrected chi connectivity index (χ3v) is 3.70. The average molecular weight is 235 g/mol. The topological polar surface area (TPSA) is 60.2 Å². The van der Waals surface area contributed by atoms with Crippen LogP contribution in [0.25, 0.3) is 0 Å². The minimum Gasteiger partial charge on any atom is -0.399 e. The van der Waals surface area contributed by atoms with Gasteiger partial charge in [0.25, 0.3) is 6.43 Å². The first-order valence-corrected chi connectivity index (χ1v) is 5.85. The Morgan fingerprint density at radius 1 is 1.40 bits per heavy atom. The zero-order valence-corrected chi connectivity index (χ0v) is 8.89. The molecule has 0 amide bonds. The van der Waals surface area contributed by atoms with Crippen molar-refractivity contribution in [3.63, 3.8) is 0 Å². The summed E-state index contributed by atoms with van der Waals surface area (Å²) in [7, 11) is -3.91. The predicted octanol–water partition coefficient (Wildman–Crippen LogP) is 1.62. The van der Waals surface area contributed by atoms with Gasteiger partial charge in [-0.2, -0.15) is 0 Å². The molecule has 0 fully saturated rings. The van der Waals surface area contributed by atoms with E-state index in [9.17, 15) is 17.2 Å². The quantitative estimate of drug-likeness (QED) is 0.810. The SMILES string of the molecule is Cc1cc(N)ccc1S(=O)(=O)CC(F)F. The van der Waals surface area contributed by atoms with Gasteiger partial charge in [0.15, 0.2) is 9.84 Å². The van der Waals surface area contributed by atoms with Crippen molar-refractivity contribution in [3.05, 3.63) is 23.8 Å². The van der Waals surface area contributed by atoms with Crippen molar-refractivity contribution in [1.29, 1.82) is 0 Å². The summed E-state index contributed by atoms with van der Waals surface area (Å²) in [5.41, 5.74) is 6.22. The van der Waals surface area contributed by atoms with Crippen LogP contribution in [0.15, 0.2) is 23.1 Å². The molecule has 0 aromatic heterocycles. The third kappa shape index (κ3) is 2.89. The van der Waals surface area contributed by atoms with Gasteiger partial charge in [-0.05, 0) is 30.7 Å². The lowest BCUT2D eigenvalue weighted by Gasteiger charge is -2.07. The number of alkyl halides is 2. The molecule has 0 aliphatic rings. The summed E-state index contributed by atoms with van der Waals surface area (Å²) in [4.78, 5) is -0.0861. The number of aryl methyl sites for hydroxylation is 1. The molecule has 0 unspecified atom stereocenters. The Morgan fingerprint density at radius 2 is 2.00 bits per heavy atom. The average Bonchev–Trinajstić information content (AvgIpc) is 1.99. The molecule has 0 heterocycles. The standard InChI is InChI=1S/C9H11F2NO2S/c1-6-4-7(12)2-3-8(6)15(13,14)5-9(10)11/h2-4,9H,5,12H2,1H3. The normalized spacial score (nSPS) is 12.0. The fourth-order valence-electron chi connectivity index (χ4n) is 1.28. The molecule has 0 spiro atoms. The summed E-state index contributed by atoms with van der Waals surface area (Å²) in [6.07, 6.45) is -2.87. The van der Waals surface area contributed by atoms with Crippen molar-refractivity contribution >= 4 is 15.5 Å². The maximum absolute atomic E-state index is 12.0. The Morgan fingerprint density at radius 3 is 2.47 bits per heavy atom. The molecule has 1 aromatic rings. The molecule has 15 heavy (non-hydrogen) atoms. The first kappa shape index (κ1) is 11.9. The first-order chi connectivity index (χ1) is 6.83. The number of hydrogen-bond acceptors (Lipinski definition) is 3. The van der Waals surface area contributed by atoms with Gasteiger partial charge in [-0.1, -0.05) is 0 Å². The summed E-state index contributed by atoms with van der Waals surface area (Å²) in [5.74, 6) is -1.16. The van der Waals surface area contributed by atoms with Gasteiger partial charge >= 0.3 is 0 Å². The number of benzene rings is 1. The molecule has 84 valence electrons. The zero-order valence-electron chi connectivity index (χ0n) is 8.07. The van der Waals surface area contributed by atoms with Crippen molar-refractivity contribution in [3.8, 4) is 0 Å². The summed E-state index contributed by atoms with van der Waals surface area (Å²) >= 11 is 0. The highest BCUT2D eigenvalue weighted by Crippen LogP contribution is 2.20. The highest BCUT2D eigenvalue weighted by atomic mass is 32.2. The monoisotopic (exact) mass is 235 g/mol. The van der Waals surface area contributed by atoms with Crippen LogP contribution in [-0.2, 0) is 9.84 Å². The lowest BCUT2D eigenvalue weighted by molar-refractivity contribution is 0.174. The van der Waals surface area contributed by atoms with E-state index < -0.39 is 22.0 Å². The Hall–Kier alpha value is -1.17. The van der Waals surface area contributed by atoms with Gasteiger partial charge < -0.3 is 5.73 Å². The van der Waals surface area contributed by atoms with Crippen molar-refractivity contribution < 1.29 is 17.2 Å². The van der Waals surface area contributed by atoms with E-state index in [1.807, 2.05) is 0 Å². The minimum atomic E-state index is -3.91. The van der Waals surface area contributed by atoms with Crippen molar-refractivity contribution in [1.82, 2.24) is 0 Å². The molecule has 0 bridgehead atoms. The highest BCUT2D eigenvalue weighted by molar-refractivity contribution is 7.91. The van der Waals surface area contributed by atoms with Crippen LogP contribution >= 0.6 is 0 Å². The summed E-state index contributed by atoms with van der Waals surface area (Å²) in [6, 6.07) is 4.08. The molecule has 0 saturated carbocycles. The van der Waals surface area contributed by atoms with Gasteiger partial charge in [-0.15, -0.1) is 0 Å². The molecule has 2 N–H and O–H groups in total. The Bertz CT molecular complexity index is 457. The fourth-order valence-corrected chi connectivity index (χ4v) is 2.61. The number of nitrogens with two attached hydrogens (primary N) is 1. The van der Waals surface area contributed by atoms with E-state index in [-0.39, 0.29) is 4.90 Å². The van der Waals surface area contributed by atoms with Crippen molar-refractivity contribution in [2.75, 3.05) is 11.5 Å². The van der Waals surface area contributed by atoms with E-state index in [0.717, 1.165) is 0 Å². The van der Waals surface area contributed by atoms with E-state index >= 15 is 0 Å². The Labute approximate surface area is 86.8 Å². The van der Waals surface area contributed by atoms with E-state index in [4.69, 9.17) is 5.73 Å². The fraction of sp³-hybridized carbons (Fsp3) is 0.333. The number of rotatable bonds is 3. The van der Waals surface area contributed by atoms with Crippen molar-refractivity contribution in [2.45, 2.75) is 18.2 Å². The van der Waals surface area contributed by atoms with E-state index in [1.54, 1.807) is 0 Å². The van der Waals surface area contributed by atoms with Crippen LogP contribution in [0.5, 0.6) is 0 Å². The second-order valence-electron chi connectivity index (χ2n) is 3.20. The smallest absolute Gasteiger partial charge is 0.252 e. The highest BCUT2D eigenvalue weighted by Gasteiger charge is 2.22. The van der Waals surface area contributed by atoms with Gasteiger partial charge in [-0.25, -0.2) is 17.2 Å². The molecule has 0 aliphatic heterocycles. The lowest BCUT2D eigenvalue weighted by atomic mass is 10.2. The molecule has 6 heteroatoms. The number of hydrogen-bond donors (Lipinski definition) is 1. The second-order valence-corrected chi connectivity index (χ2v) is 5.20. The summed E-state index contributed by atoms with van der Waals surface area (Å²) in [5, 5.41) is 0. The number of sulfone groups is 1. The molecule has 0 saturated heterocycles. The molecule has 0 aliphatic carbocycles. The molecular formula is C9H11F2NO2S. The van der Waals surface area contributed by atoms with E-state index in [2.05, 4.69) is 0 Å². The maximum Gasteiger partial charge on any atom is 0.252 e. The third-order valence-electron chi connectivity index (χ3n) is 1.88. The predicted molar refractivity (Wildman–Crippen MR) is 53.6 cm³/mol. The first-order valence-electron chi connectivity index (χ1n) is 4.20. The van der Waals surface area contributed by atoms with Gasteiger partial charge in [0.05, 0.1) is 4.90 Å². The van der Waals surface area contributed by atoms with Gasteiger partial charge in [0.1, 0.15) is 5.75 Å². The van der Waals surface area contributed by atoms with Gasteiger partial charge in [0.2, 0.25) is 0 Å². The largest absolute Gasteiger partial charge is 0.399 e. The van der Waals surface area contributed by atoms with Crippen LogP contribution in [-0.4, -0.2) is 20.6 Å². The molecule has 0 radical (unpaired) electrons. The molecule has 3 nitrogen and oxygen atoms in total. The molecular weight excluding hydrogens is 224 g/mol. The van der Waals surface area contributed by atoms with Crippen LogP contribution in [0.1, 0.15) is 5.56 Å². The number of halogens is 2. The summed E-state index contributed by atoms with van der Waals surface area (Å²) in [6.45, 7) is 1.52. The van der Waals surface area contributed by atoms with Crippen LogP contribution < -0.4 is 5.73 Å². The second kappa shape index (κ2) is 4.14. The van der Waals surface area contributed by atoms with Gasteiger partial charge in [0, 0.05) is 5.69 Å². The molecule has 1 rings (SSSR count). The summed E-state index contributed by atoms with van der Waals surface area (Å²) < 4.78 is 47.0. The van der Waals surface area contributed by atoms with Crippen LogP contribution in [0.3, 0.4) is 0 Å². The Balaban J connectivity index is 3.16. The van der Waals surface area contributed by atoms with Gasteiger partial charge in [-0.3, -0.25) is 0 Å². The number of nitrogen functional groups attached to an aromatic ring is 1. The number of anilines is 1. The van der Waals surface area contributed by atoms with E-state index in [1.165, 1.54) is 25.1 Å². The van der Waals surface area contributed by atoms with Crippen LogP contribution in [0.4, 0.5) is 14.5 Å². The maximum atomic E-state index is 12.0. The van der Waals surface area contributed by atoms with E-state index in [0.29, 0.717) is 11.3 Å². The van der Waals surface area contributed by atoms with Crippen molar-refractivity contribution in [2.24, 2.45) is 0 Å². The molecule has 0 atom stereocenters.